The summed E-state index contributed by atoms with van der Waals surface area (Å²) in [6.45, 7) is 2.17. The number of ether oxygens (including phenoxy) is 2. The normalized spacial score (nSPS) is 17.2. The molecule has 0 spiro atoms. The lowest BCUT2D eigenvalue weighted by molar-refractivity contribution is -0.136. The Morgan fingerprint density at radius 3 is 3.04 bits per heavy atom. The van der Waals surface area contributed by atoms with Gasteiger partial charge in [0, 0.05) is 4.88 Å². The largest absolute Gasteiger partial charge is 0.466 e. The van der Waals surface area contributed by atoms with Crippen LogP contribution in [0.1, 0.15) is 23.3 Å². The molecule has 0 bridgehead atoms. The summed E-state index contributed by atoms with van der Waals surface area (Å²) in [4.78, 5) is 17.0. The van der Waals surface area contributed by atoms with Gasteiger partial charge >= 0.3 is 5.97 Å². The van der Waals surface area contributed by atoms with E-state index in [1.807, 2.05) is 11.4 Å². The van der Waals surface area contributed by atoms with E-state index in [2.05, 4.69) is 16.2 Å². The second kappa shape index (κ2) is 6.78. The van der Waals surface area contributed by atoms with Gasteiger partial charge in [-0.3, -0.25) is 0 Å². The van der Waals surface area contributed by atoms with Gasteiger partial charge < -0.3 is 15.2 Å². The molecule has 3 heterocycles. The Labute approximate surface area is 147 Å². The van der Waals surface area contributed by atoms with Gasteiger partial charge in [-0.2, -0.15) is 10.4 Å². The predicted molar refractivity (Wildman–Crippen MR) is 88.8 cm³/mol. The van der Waals surface area contributed by atoms with E-state index in [4.69, 9.17) is 15.2 Å². The van der Waals surface area contributed by atoms with Crippen LogP contribution in [0.3, 0.4) is 0 Å². The number of esters is 1. The van der Waals surface area contributed by atoms with Crippen molar-refractivity contribution in [1.29, 1.82) is 5.26 Å². The molecule has 0 amide bonds. The van der Waals surface area contributed by atoms with Gasteiger partial charge in [0.05, 0.1) is 25.1 Å². The first-order chi connectivity index (χ1) is 12.0. The average molecular weight is 357 g/mol. The zero-order valence-electron chi connectivity index (χ0n) is 13.6. The summed E-state index contributed by atoms with van der Waals surface area (Å²) in [6.07, 6.45) is 3.08. The molecule has 1 aliphatic rings. The minimum atomic E-state index is -0.610. The topological polar surface area (TPSA) is 116 Å². The summed E-state index contributed by atoms with van der Waals surface area (Å²) in [6, 6.07) is 3.97. The molecule has 2 aromatic heterocycles. The highest BCUT2D eigenvalue weighted by atomic mass is 32.1. The van der Waals surface area contributed by atoms with Crippen LogP contribution in [-0.4, -0.2) is 27.8 Å². The number of rotatable bonds is 4. The molecule has 1 atom stereocenters. The molecule has 0 saturated carbocycles. The van der Waals surface area contributed by atoms with Crippen molar-refractivity contribution in [2.45, 2.75) is 19.4 Å². The number of carbonyl (C=O) groups is 1. The molecule has 25 heavy (non-hydrogen) atoms. The first-order valence-corrected chi connectivity index (χ1v) is 8.19. The van der Waals surface area contributed by atoms with Gasteiger partial charge in [0.1, 0.15) is 30.1 Å². The number of allylic oxidation sites excluding steroid dienone is 2. The number of hydrogen-bond donors (Lipinski definition) is 1. The minimum absolute atomic E-state index is 0.00359. The first kappa shape index (κ1) is 16.7. The van der Waals surface area contributed by atoms with E-state index in [1.54, 1.807) is 17.9 Å². The molecule has 2 N–H and O–H groups in total. The third-order valence-electron chi connectivity index (χ3n) is 3.78. The summed E-state index contributed by atoms with van der Waals surface area (Å²) in [5, 5.41) is 15.5. The highest BCUT2D eigenvalue weighted by Crippen LogP contribution is 2.41. The fourth-order valence-corrected chi connectivity index (χ4v) is 3.69. The Morgan fingerprint density at radius 1 is 1.60 bits per heavy atom. The summed E-state index contributed by atoms with van der Waals surface area (Å²) < 4.78 is 11.9. The maximum Gasteiger partial charge on any atom is 0.338 e. The zero-order valence-corrected chi connectivity index (χ0v) is 14.4. The smallest absolute Gasteiger partial charge is 0.338 e. The molecule has 8 nitrogen and oxygen atoms in total. The van der Waals surface area contributed by atoms with Crippen molar-refractivity contribution in [2.75, 3.05) is 7.11 Å². The molecule has 9 heteroatoms. The second-order valence-electron chi connectivity index (χ2n) is 5.34. The number of nitriles is 1. The predicted octanol–water partition coefficient (Wildman–Crippen LogP) is 1.64. The van der Waals surface area contributed by atoms with Crippen molar-refractivity contribution in [1.82, 2.24) is 14.8 Å². The van der Waals surface area contributed by atoms with Crippen LogP contribution in [0.5, 0.6) is 0 Å². The average Bonchev–Trinajstić information content (AvgIpc) is 3.26. The van der Waals surface area contributed by atoms with E-state index in [-0.39, 0.29) is 17.0 Å². The third kappa shape index (κ3) is 3.12. The zero-order chi connectivity index (χ0) is 18.0. The highest BCUT2D eigenvalue weighted by molar-refractivity contribution is 7.10. The Balaban J connectivity index is 2.01. The van der Waals surface area contributed by atoms with Gasteiger partial charge in [0.25, 0.3) is 0 Å². The molecule has 0 aliphatic carbocycles. The van der Waals surface area contributed by atoms with Crippen molar-refractivity contribution in [3.05, 3.63) is 57.3 Å². The maximum atomic E-state index is 12.2. The van der Waals surface area contributed by atoms with E-state index >= 15 is 0 Å². The molecular formula is C16H15N5O3S. The quantitative estimate of drug-likeness (QED) is 0.827. The second-order valence-corrected chi connectivity index (χ2v) is 6.28. The Kier molecular flexibility index (Phi) is 4.54. The number of carbonyl (C=O) groups excluding carboxylic acids is 1. The standard InChI is InChI=1S/C16H15N5O3S/c1-9-13(16(22)23-2)14(11(4-17)15(18)24-9)12-3-10(6-25-12)5-21-8-19-7-20-21/h3,6-8,14H,5,18H2,1-2H3/t14-/m0/s1. The fraction of sp³-hybridized carbons (Fsp3) is 0.250. The fourth-order valence-electron chi connectivity index (χ4n) is 2.67. The van der Waals surface area contributed by atoms with E-state index in [0.29, 0.717) is 12.3 Å². The molecule has 0 aromatic carbocycles. The van der Waals surface area contributed by atoms with Crippen LogP contribution >= 0.6 is 11.3 Å². The first-order valence-electron chi connectivity index (χ1n) is 7.31. The molecular weight excluding hydrogens is 342 g/mol. The summed E-state index contributed by atoms with van der Waals surface area (Å²) in [5.74, 6) is -0.821. The third-order valence-corrected chi connectivity index (χ3v) is 4.83. The minimum Gasteiger partial charge on any atom is -0.466 e. The monoisotopic (exact) mass is 357 g/mol. The Hall–Kier alpha value is -3.12. The number of aromatic nitrogens is 3. The van der Waals surface area contributed by atoms with Gasteiger partial charge in [0.15, 0.2) is 0 Å². The van der Waals surface area contributed by atoms with Crippen molar-refractivity contribution in [3.8, 4) is 6.07 Å². The number of thiophene rings is 1. The molecule has 0 saturated heterocycles. The van der Waals surface area contributed by atoms with E-state index in [0.717, 1.165) is 10.4 Å². The van der Waals surface area contributed by atoms with Crippen LogP contribution in [0.4, 0.5) is 0 Å². The highest BCUT2D eigenvalue weighted by Gasteiger charge is 2.36. The van der Waals surface area contributed by atoms with Crippen molar-refractivity contribution >= 4 is 17.3 Å². The van der Waals surface area contributed by atoms with E-state index < -0.39 is 11.9 Å². The van der Waals surface area contributed by atoms with Crippen LogP contribution < -0.4 is 5.73 Å². The van der Waals surface area contributed by atoms with E-state index in [9.17, 15) is 10.1 Å². The lowest BCUT2D eigenvalue weighted by Crippen LogP contribution is -2.24. The SMILES string of the molecule is COC(=O)C1=C(C)OC(N)=C(C#N)[C@H]1c1cc(Cn2cncn2)cs1. The van der Waals surface area contributed by atoms with Crippen LogP contribution in [0, 0.1) is 11.3 Å². The molecule has 3 rings (SSSR count). The van der Waals surface area contributed by atoms with E-state index in [1.165, 1.54) is 24.8 Å². The Bertz CT molecular complexity index is 905. The number of nitrogens with two attached hydrogens (primary N) is 1. The van der Waals surface area contributed by atoms with Crippen LogP contribution in [-0.2, 0) is 20.8 Å². The van der Waals surface area contributed by atoms with Gasteiger partial charge in [-0.05, 0) is 23.9 Å². The van der Waals surface area contributed by atoms with Crippen LogP contribution in [0.15, 0.2) is 46.9 Å². The summed E-state index contributed by atoms with van der Waals surface area (Å²) in [7, 11) is 1.29. The van der Waals surface area contributed by atoms with Crippen LogP contribution in [0.25, 0.3) is 0 Å². The molecule has 2 aromatic rings. The lowest BCUT2D eigenvalue weighted by atomic mass is 9.87. The van der Waals surface area contributed by atoms with Gasteiger partial charge in [0.2, 0.25) is 5.88 Å². The van der Waals surface area contributed by atoms with Gasteiger partial charge in [-0.1, -0.05) is 0 Å². The van der Waals surface area contributed by atoms with Gasteiger partial charge in [-0.25, -0.2) is 14.5 Å². The van der Waals surface area contributed by atoms with Crippen molar-refractivity contribution < 1.29 is 14.3 Å². The molecule has 0 unspecified atom stereocenters. The number of hydrogen-bond acceptors (Lipinski definition) is 8. The van der Waals surface area contributed by atoms with Gasteiger partial charge in [-0.15, -0.1) is 11.3 Å². The van der Waals surface area contributed by atoms with Crippen LogP contribution in [0.2, 0.25) is 0 Å². The number of nitrogens with zero attached hydrogens (tertiary/aromatic N) is 4. The molecule has 128 valence electrons. The maximum absolute atomic E-state index is 12.2. The summed E-state index contributed by atoms with van der Waals surface area (Å²) in [5.41, 5.74) is 7.31. The van der Waals surface area contributed by atoms with Crippen molar-refractivity contribution in [3.63, 3.8) is 0 Å². The number of methoxy groups -OCH3 is 1. The molecule has 0 radical (unpaired) electrons. The lowest BCUT2D eigenvalue weighted by Gasteiger charge is -2.25. The Morgan fingerprint density at radius 2 is 2.40 bits per heavy atom. The molecule has 1 aliphatic heterocycles. The summed E-state index contributed by atoms with van der Waals surface area (Å²) >= 11 is 1.43. The molecule has 0 fully saturated rings. The van der Waals surface area contributed by atoms with Crippen molar-refractivity contribution in [2.24, 2.45) is 5.73 Å².